The van der Waals surface area contributed by atoms with Crippen molar-refractivity contribution >= 4 is 0 Å². The fourth-order valence-corrected chi connectivity index (χ4v) is 1.79. The number of aliphatic hydroxyl groups excluding tert-OH is 1. The summed E-state index contributed by atoms with van der Waals surface area (Å²) in [6, 6.07) is 0. The summed E-state index contributed by atoms with van der Waals surface area (Å²) in [5.41, 5.74) is 1.11. The van der Waals surface area contributed by atoms with Crippen LogP contribution in [0.2, 0.25) is 0 Å². The van der Waals surface area contributed by atoms with Crippen LogP contribution >= 0.6 is 0 Å². The minimum Gasteiger partial charge on any atom is -0.391 e. The average Bonchev–Trinajstić information content (AvgIpc) is 2.64. The zero-order valence-corrected chi connectivity index (χ0v) is 7.77. The van der Waals surface area contributed by atoms with Gasteiger partial charge in [0.1, 0.15) is 0 Å². The molecule has 1 aromatic heterocycles. The summed E-state index contributed by atoms with van der Waals surface area (Å²) in [6.07, 6.45) is 3.35. The largest absolute Gasteiger partial charge is 0.391 e. The summed E-state index contributed by atoms with van der Waals surface area (Å²) >= 11 is 0. The molecule has 4 heteroatoms. The highest BCUT2D eigenvalue weighted by Crippen LogP contribution is 2.17. The molecule has 0 aliphatic carbocycles. The number of likely N-dealkylation sites (tertiary alicyclic amines) is 1. The molecule has 0 saturated carbocycles. The van der Waals surface area contributed by atoms with Gasteiger partial charge >= 0.3 is 0 Å². The monoisotopic (exact) mass is 181 g/mol. The molecule has 2 rings (SSSR count). The normalized spacial score (nSPS) is 29.7. The van der Waals surface area contributed by atoms with Crippen LogP contribution in [0.15, 0.2) is 12.5 Å². The van der Waals surface area contributed by atoms with Crippen LogP contribution in [0.4, 0.5) is 0 Å². The number of aromatic amines is 1. The Morgan fingerprint density at radius 1 is 1.69 bits per heavy atom. The molecular formula is C9H15N3O. The van der Waals surface area contributed by atoms with Gasteiger partial charge in [0, 0.05) is 31.5 Å². The van der Waals surface area contributed by atoms with E-state index < -0.39 is 0 Å². The lowest BCUT2D eigenvalue weighted by Gasteiger charge is -2.12. The molecule has 2 heterocycles. The van der Waals surface area contributed by atoms with E-state index in [4.69, 9.17) is 0 Å². The molecule has 72 valence electrons. The Hall–Kier alpha value is -0.870. The van der Waals surface area contributed by atoms with E-state index in [0.29, 0.717) is 5.92 Å². The summed E-state index contributed by atoms with van der Waals surface area (Å²) in [4.78, 5) is 9.26. The molecule has 0 amide bonds. The molecule has 1 aromatic rings. The van der Waals surface area contributed by atoms with E-state index in [1.165, 1.54) is 0 Å². The predicted molar refractivity (Wildman–Crippen MR) is 49.0 cm³/mol. The molecule has 4 nitrogen and oxygen atoms in total. The van der Waals surface area contributed by atoms with Crippen LogP contribution < -0.4 is 0 Å². The number of nitrogens with zero attached hydrogens (tertiary/aromatic N) is 2. The molecule has 1 saturated heterocycles. The van der Waals surface area contributed by atoms with Crippen molar-refractivity contribution in [1.29, 1.82) is 0 Å². The zero-order valence-electron chi connectivity index (χ0n) is 7.77. The minimum absolute atomic E-state index is 0.164. The van der Waals surface area contributed by atoms with Gasteiger partial charge < -0.3 is 10.1 Å². The van der Waals surface area contributed by atoms with Gasteiger partial charge in [-0.15, -0.1) is 0 Å². The van der Waals surface area contributed by atoms with E-state index in [1.54, 1.807) is 6.33 Å². The van der Waals surface area contributed by atoms with Gasteiger partial charge in [-0.05, 0) is 5.92 Å². The van der Waals surface area contributed by atoms with Crippen molar-refractivity contribution in [2.45, 2.75) is 19.6 Å². The third-order valence-electron chi connectivity index (χ3n) is 2.60. The van der Waals surface area contributed by atoms with Gasteiger partial charge in [0.05, 0.1) is 12.4 Å². The number of aromatic nitrogens is 2. The van der Waals surface area contributed by atoms with Gasteiger partial charge in [-0.2, -0.15) is 0 Å². The quantitative estimate of drug-likeness (QED) is 0.686. The number of H-pyrrole nitrogens is 1. The Kier molecular flexibility index (Phi) is 2.33. The number of nitrogens with one attached hydrogen (secondary N) is 1. The number of β-amino-alcohol motifs (C(OH)–C–C–N with tert-alkyl or cyclic N) is 1. The van der Waals surface area contributed by atoms with Crippen molar-refractivity contribution in [3.8, 4) is 0 Å². The van der Waals surface area contributed by atoms with Crippen molar-refractivity contribution in [1.82, 2.24) is 14.9 Å². The Morgan fingerprint density at radius 3 is 3.08 bits per heavy atom. The van der Waals surface area contributed by atoms with E-state index in [2.05, 4.69) is 21.8 Å². The van der Waals surface area contributed by atoms with E-state index >= 15 is 0 Å². The highest BCUT2D eigenvalue weighted by Gasteiger charge is 2.27. The smallest absolute Gasteiger partial charge is 0.0922 e. The highest BCUT2D eigenvalue weighted by atomic mass is 16.3. The Morgan fingerprint density at radius 2 is 2.54 bits per heavy atom. The molecule has 2 unspecified atom stereocenters. The second-order valence-electron chi connectivity index (χ2n) is 3.82. The predicted octanol–water partition coefficient (Wildman–Crippen LogP) is 0.222. The maximum atomic E-state index is 9.53. The first kappa shape index (κ1) is 8.72. The van der Waals surface area contributed by atoms with Crippen LogP contribution in [0.1, 0.15) is 12.6 Å². The number of rotatable bonds is 2. The van der Waals surface area contributed by atoms with Gasteiger partial charge in [0.15, 0.2) is 0 Å². The van der Waals surface area contributed by atoms with Crippen molar-refractivity contribution in [3.05, 3.63) is 18.2 Å². The van der Waals surface area contributed by atoms with Crippen molar-refractivity contribution in [3.63, 3.8) is 0 Å². The van der Waals surface area contributed by atoms with Crippen LogP contribution in [0.3, 0.4) is 0 Å². The summed E-state index contributed by atoms with van der Waals surface area (Å²) in [5.74, 6) is 0.392. The molecule has 2 atom stereocenters. The Bertz CT molecular complexity index is 250. The highest BCUT2D eigenvalue weighted by molar-refractivity contribution is 4.95. The van der Waals surface area contributed by atoms with Gasteiger partial charge in [-0.1, -0.05) is 6.92 Å². The van der Waals surface area contributed by atoms with E-state index in [0.717, 1.165) is 25.3 Å². The van der Waals surface area contributed by atoms with E-state index in [-0.39, 0.29) is 6.10 Å². The van der Waals surface area contributed by atoms with Gasteiger partial charge in [0.25, 0.3) is 0 Å². The lowest BCUT2D eigenvalue weighted by molar-refractivity contribution is 0.147. The molecule has 0 bridgehead atoms. The third kappa shape index (κ3) is 1.89. The topological polar surface area (TPSA) is 52.2 Å². The van der Waals surface area contributed by atoms with Crippen LogP contribution in [-0.2, 0) is 6.54 Å². The molecule has 1 aliphatic heterocycles. The summed E-state index contributed by atoms with van der Waals surface area (Å²) < 4.78 is 0. The second kappa shape index (κ2) is 3.47. The third-order valence-corrected chi connectivity index (χ3v) is 2.60. The van der Waals surface area contributed by atoms with Gasteiger partial charge in [0.2, 0.25) is 0 Å². The number of hydrogen-bond acceptors (Lipinski definition) is 3. The first-order chi connectivity index (χ1) is 6.25. The van der Waals surface area contributed by atoms with E-state index in [9.17, 15) is 5.11 Å². The first-order valence-corrected chi connectivity index (χ1v) is 4.63. The fraction of sp³-hybridized carbons (Fsp3) is 0.667. The molecule has 2 N–H and O–H groups in total. The molecule has 0 spiro atoms. The SMILES string of the molecule is CC1CN(Cc2cnc[nH]2)CC1O. The maximum Gasteiger partial charge on any atom is 0.0922 e. The molecule has 1 aliphatic rings. The lowest BCUT2D eigenvalue weighted by Crippen LogP contribution is -2.21. The zero-order chi connectivity index (χ0) is 9.26. The number of aliphatic hydroxyl groups is 1. The number of imidazole rings is 1. The molecule has 0 aromatic carbocycles. The van der Waals surface area contributed by atoms with Crippen LogP contribution in [-0.4, -0.2) is 39.2 Å². The van der Waals surface area contributed by atoms with Crippen LogP contribution in [0.5, 0.6) is 0 Å². The van der Waals surface area contributed by atoms with Crippen molar-refractivity contribution in [2.75, 3.05) is 13.1 Å². The van der Waals surface area contributed by atoms with Crippen LogP contribution in [0, 0.1) is 5.92 Å². The van der Waals surface area contributed by atoms with Crippen LogP contribution in [0.25, 0.3) is 0 Å². The van der Waals surface area contributed by atoms with E-state index in [1.807, 2.05) is 6.20 Å². The molecular weight excluding hydrogens is 166 g/mol. The molecule has 0 radical (unpaired) electrons. The molecule has 1 fully saturated rings. The summed E-state index contributed by atoms with van der Waals surface area (Å²) in [6.45, 7) is 4.69. The second-order valence-corrected chi connectivity index (χ2v) is 3.82. The first-order valence-electron chi connectivity index (χ1n) is 4.63. The summed E-state index contributed by atoms with van der Waals surface area (Å²) in [7, 11) is 0. The Labute approximate surface area is 77.6 Å². The fourth-order valence-electron chi connectivity index (χ4n) is 1.79. The van der Waals surface area contributed by atoms with Gasteiger partial charge in [-0.3, -0.25) is 4.90 Å². The summed E-state index contributed by atoms with van der Waals surface area (Å²) in [5, 5.41) is 9.53. The number of hydrogen-bond donors (Lipinski definition) is 2. The maximum absolute atomic E-state index is 9.53. The standard InChI is InChI=1S/C9H15N3O/c1-7-3-12(5-9(7)13)4-8-2-10-6-11-8/h2,6-7,9,13H,3-5H2,1H3,(H,10,11). The Balaban J connectivity index is 1.91. The molecule has 13 heavy (non-hydrogen) atoms. The lowest BCUT2D eigenvalue weighted by atomic mass is 10.1. The van der Waals surface area contributed by atoms with Crippen molar-refractivity contribution in [2.24, 2.45) is 5.92 Å². The van der Waals surface area contributed by atoms with Crippen molar-refractivity contribution < 1.29 is 5.11 Å². The van der Waals surface area contributed by atoms with Gasteiger partial charge in [-0.25, -0.2) is 4.98 Å². The average molecular weight is 181 g/mol. The minimum atomic E-state index is -0.164.